The van der Waals surface area contributed by atoms with E-state index in [0.717, 1.165) is 32.7 Å². The summed E-state index contributed by atoms with van der Waals surface area (Å²) in [7, 11) is 1.92. The van der Waals surface area contributed by atoms with E-state index < -0.39 is 0 Å². The number of nitrogens with zero attached hydrogens (tertiary/aromatic N) is 6. The standard InChI is InChI=1S/C15H21ClN6O/c1-12(22-11-14(16)8-18-22)15(23)21-5-3-20(4-6-21)10-13-7-17-19(2)9-13/h7-9,11-12H,3-6,10H2,1-2H3. The third-order valence-electron chi connectivity index (χ3n) is 4.17. The summed E-state index contributed by atoms with van der Waals surface area (Å²) in [4.78, 5) is 16.8. The van der Waals surface area contributed by atoms with Gasteiger partial charge in [0.1, 0.15) is 6.04 Å². The molecular formula is C15H21ClN6O. The first-order valence-corrected chi connectivity index (χ1v) is 8.09. The zero-order valence-electron chi connectivity index (χ0n) is 13.4. The van der Waals surface area contributed by atoms with Crippen molar-refractivity contribution >= 4 is 17.5 Å². The fourth-order valence-electron chi connectivity index (χ4n) is 2.84. The second-order valence-corrected chi connectivity index (χ2v) is 6.37. The topological polar surface area (TPSA) is 59.2 Å². The van der Waals surface area contributed by atoms with Gasteiger partial charge in [0, 0.05) is 57.7 Å². The molecule has 3 rings (SSSR count). The van der Waals surface area contributed by atoms with Crippen molar-refractivity contribution in [1.82, 2.24) is 29.4 Å². The lowest BCUT2D eigenvalue weighted by Gasteiger charge is -2.35. The van der Waals surface area contributed by atoms with Crippen molar-refractivity contribution in [2.24, 2.45) is 7.05 Å². The van der Waals surface area contributed by atoms with Crippen molar-refractivity contribution in [1.29, 1.82) is 0 Å². The van der Waals surface area contributed by atoms with E-state index in [0.29, 0.717) is 5.02 Å². The Hall–Kier alpha value is -1.86. The predicted octanol–water partition coefficient (Wildman–Crippen LogP) is 1.18. The molecule has 2 aromatic rings. The Kier molecular flexibility index (Phi) is 4.68. The van der Waals surface area contributed by atoms with E-state index >= 15 is 0 Å². The fraction of sp³-hybridized carbons (Fsp3) is 0.533. The smallest absolute Gasteiger partial charge is 0.247 e. The zero-order chi connectivity index (χ0) is 16.4. The molecule has 1 aliphatic rings. The second kappa shape index (κ2) is 6.72. The lowest BCUT2D eigenvalue weighted by molar-refractivity contribution is -0.136. The van der Waals surface area contributed by atoms with E-state index in [1.54, 1.807) is 17.1 Å². The van der Waals surface area contributed by atoms with Crippen molar-refractivity contribution in [2.45, 2.75) is 19.5 Å². The Balaban J connectivity index is 1.53. The molecule has 0 saturated carbocycles. The molecule has 1 fully saturated rings. The number of piperazine rings is 1. The Morgan fingerprint density at radius 3 is 2.52 bits per heavy atom. The van der Waals surface area contributed by atoms with Crippen LogP contribution in [0, 0.1) is 0 Å². The largest absolute Gasteiger partial charge is 0.338 e. The van der Waals surface area contributed by atoms with E-state index in [1.807, 2.05) is 35.9 Å². The van der Waals surface area contributed by atoms with Crippen LogP contribution in [-0.4, -0.2) is 61.4 Å². The van der Waals surface area contributed by atoms with Gasteiger partial charge in [-0.05, 0) is 6.92 Å². The highest BCUT2D eigenvalue weighted by molar-refractivity contribution is 6.30. The number of hydrogen-bond acceptors (Lipinski definition) is 4. The maximum Gasteiger partial charge on any atom is 0.247 e. The van der Waals surface area contributed by atoms with Gasteiger partial charge in [-0.15, -0.1) is 0 Å². The van der Waals surface area contributed by atoms with Crippen molar-refractivity contribution < 1.29 is 4.79 Å². The van der Waals surface area contributed by atoms with Crippen LogP contribution in [0.1, 0.15) is 18.5 Å². The van der Waals surface area contributed by atoms with Crippen LogP contribution in [-0.2, 0) is 18.4 Å². The van der Waals surface area contributed by atoms with Gasteiger partial charge in [-0.2, -0.15) is 10.2 Å². The molecule has 0 spiro atoms. The van der Waals surface area contributed by atoms with Crippen LogP contribution in [0.3, 0.4) is 0 Å². The van der Waals surface area contributed by atoms with Gasteiger partial charge in [0.15, 0.2) is 0 Å². The molecule has 23 heavy (non-hydrogen) atoms. The van der Waals surface area contributed by atoms with Crippen molar-refractivity contribution in [2.75, 3.05) is 26.2 Å². The Labute approximate surface area is 140 Å². The average Bonchev–Trinajstić information content (AvgIpc) is 3.15. The lowest BCUT2D eigenvalue weighted by Crippen LogP contribution is -2.49. The highest BCUT2D eigenvalue weighted by Gasteiger charge is 2.26. The SMILES string of the molecule is CC(C(=O)N1CCN(Cc2cnn(C)c2)CC1)n1cc(Cl)cn1. The molecule has 0 bridgehead atoms. The number of amides is 1. The lowest BCUT2D eigenvalue weighted by atomic mass is 10.2. The summed E-state index contributed by atoms with van der Waals surface area (Å²) in [6.45, 7) is 5.94. The summed E-state index contributed by atoms with van der Waals surface area (Å²) in [5.74, 6) is 0.0887. The molecule has 0 aromatic carbocycles. The molecule has 1 unspecified atom stereocenters. The van der Waals surface area contributed by atoms with E-state index in [-0.39, 0.29) is 11.9 Å². The van der Waals surface area contributed by atoms with E-state index in [9.17, 15) is 4.79 Å². The molecule has 1 amide bonds. The molecule has 0 radical (unpaired) electrons. The summed E-state index contributed by atoms with van der Waals surface area (Å²) in [6, 6.07) is -0.327. The molecule has 1 saturated heterocycles. The molecule has 0 N–H and O–H groups in total. The first-order chi connectivity index (χ1) is 11.0. The number of rotatable bonds is 4. The number of aromatic nitrogens is 4. The van der Waals surface area contributed by atoms with Gasteiger partial charge >= 0.3 is 0 Å². The molecule has 124 valence electrons. The Bertz CT molecular complexity index is 673. The van der Waals surface area contributed by atoms with Crippen molar-refractivity contribution in [3.63, 3.8) is 0 Å². The summed E-state index contributed by atoms with van der Waals surface area (Å²) in [5, 5.41) is 8.86. The van der Waals surface area contributed by atoms with Crippen LogP contribution in [0.5, 0.6) is 0 Å². The third-order valence-corrected chi connectivity index (χ3v) is 4.37. The van der Waals surface area contributed by atoms with Crippen LogP contribution < -0.4 is 0 Å². The molecule has 1 aliphatic heterocycles. The van der Waals surface area contributed by atoms with Crippen molar-refractivity contribution in [3.8, 4) is 0 Å². The maximum atomic E-state index is 12.6. The van der Waals surface area contributed by atoms with Crippen LogP contribution in [0.2, 0.25) is 5.02 Å². The monoisotopic (exact) mass is 336 g/mol. The minimum absolute atomic E-state index is 0.0887. The average molecular weight is 337 g/mol. The van der Waals surface area contributed by atoms with Gasteiger partial charge in [0.2, 0.25) is 5.91 Å². The van der Waals surface area contributed by atoms with Gasteiger partial charge in [-0.3, -0.25) is 19.1 Å². The summed E-state index contributed by atoms with van der Waals surface area (Å²) >= 11 is 5.87. The normalized spacial score (nSPS) is 17.4. The van der Waals surface area contributed by atoms with Crippen molar-refractivity contribution in [3.05, 3.63) is 35.4 Å². The molecule has 2 aromatic heterocycles. The molecule has 1 atom stereocenters. The molecule has 8 heteroatoms. The molecule has 3 heterocycles. The van der Waals surface area contributed by atoms with Gasteiger partial charge in [0.05, 0.1) is 17.4 Å². The second-order valence-electron chi connectivity index (χ2n) is 5.94. The highest BCUT2D eigenvalue weighted by atomic mass is 35.5. The van der Waals surface area contributed by atoms with Gasteiger partial charge in [-0.1, -0.05) is 11.6 Å². The van der Waals surface area contributed by atoms with E-state index in [2.05, 4.69) is 15.1 Å². The number of halogens is 1. The van der Waals surface area contributed by atoms with Crippen LogP contribution in [0.15, 0.2) is 24.8 Å². The van der Waals surface area contributed by atoms with Crippen LogP contribution in [0.4, 0.5) is 0 Å². The first-order valence-electron chi connectivity index (χ1n) is 7.71. The highest BCUT2D eigenvalue weighted by Crippen LogP contribution is 2.15. The Morgan fingerprint density at radius 1 is 1.22 bits per heavy atom. The third kappa shape index (κ3) is 3.73. The molecule has 0 aliphatic carbocycles. The van der Waals surface area contributed by atoms with Gasteiger partial charge < -0.3 is 4.90 Å². The number of carbonyl (C=O) groups is 1. The van der Waals surface area contributed by atoms with E-state index in [1.165, 1.54) is 5.56 Å². The first kappa shape index (κ1) is 16.0. The fourth-order valence-corrected chi connectivity index (χ4v) is 2.99. The van der Waals surface area contributed by atoms with Gasteiger partial charge in [-0.25, -0.2) is 0 Å². The summed E-state index contributed by atoms with van der Waals surface area (Å²) in [5.41, 5.74) is 1.20. The van der Waals surface area contributed by atoms with Crippen LogP contribution in [0.25, 0.3) is 0 Å². The summed E-state index contributed by atoms with van der Waals surface area (Å²) < 4.78 is 3.43. The summed E-state index contributed by atoms with van der Waals surface area (Å²) in [6.07, 6.45) is 7.15. The zero-order valence-corrected chi connectivity index (χ0v) is 14.1. The molecular weight excluding hydrogens is 316 g/mol. The maximum absolute atomic E-state index is 12.6. The number of carbonyl (C=O) groups excluding carboxylic acids is 1. The minimum Gasteiger partial charge on any atom is -0.338 e. The van der Waals surface area contributed by atoms with Crippen LogP contribution >= 0.6 is 11.6 Å². The van der Waals surface area contributed by atoms with Gasteiger partial charge in [0.25, 0.3) is 0 Å². The quantitative estimate of drug-likeness (QED) is 0.841. The Morgan fingerprint density at radius 2 is 1.96 bits per heavy atom. The number of aryl methyl sites for hydroxylation is 1. The predicted molar refractivity (Wildman–Crippen MR) is 87.0 cm³/mol. The molecule has 7 nitrogen and oxygen atoms in total. The minimum atomic E-state index is -0.327. The number of hydrogen-bond donors (Lipinski definition) is 0. The van der Waals surface area contributed by atoms with E-state index in [4.69, 9.17) is 11.6 Å².